The molecule has 1 heterocycles. The molecule has 0 bridgehead atoms. The second-order valence-electron chi connectivity index (χ2n) is 6.80. The second-order valence-corrected chi connectivity index (χ2v) is 7.91. The molecule has 2 unspecified atom stereocenters. The zero-order valence-electron chi connectivity index (χ0n) is 16.0. The van der Waals surface area contributed by atoms with Crippen LogP contribution in [0.4, 0.5) is 5.69 Å². The highest BCUT2D eigenvalue weighted by Crippen LogP contribution is 2.37. The topological polar surface area (TPSA) is 53.0 Å². The predicted octanol–water partition coefficient (Wildman–Crippen LogP) is 3.83. The molecule has 0 saturated carbocycles. The zero-order chi connectivity index (χ0) is 19.4. The highest BCUT2D eigenvalue weighted by Gasteiger charge is 2.30. The minimum atomic E-state index is -0.758. The van der Waals surface area contributed by atoms with E-state index in [2.05, 4.69) is 48.2 Å². The number of piperazine rings is 1. The van der Waals surface area contributed by atoms with E-state index in [1.807, 2.05) is 17.0 Å². The van der Waals surface area contributed by atoms with Crippen molar-refractivity contribution in [1.29, 1.82) is 0 Å². The van der Waals surface area contributed by atoms with Crippen LogP contribution in [-0.4, -0.2) is 54.8 Å². The van der Waals surface area contributed by atoms with Crippen molar-refractivity contribution in [2.24, 2.45) is 0 Å². The van der Waals surface area contributed by atoms with E-state index in [9.17, 15) is 9.90 Å². The molecule has 1 saturated heterocycles. The fraction of sp³-hybridized carbons (Fsp3) is 0.381. The monoisotopic (exact) mass is 386 g/mol. The lowest BCUT2D eigenvalue weighted by molar-refractivity contribution is -0.142. The number of anilines is 1. The van der Waals surface area contributed by atoms with E-state index in [0.717, 1.165) is 30.3 Å². The molecule has 0 amide bonds. The maximum absolute atomic E-state index is 11.3. The molecule has 0 aromatic heterocycles. The van der Waals surface area contributed by atoms with Gasteiger partial charge in [0, 0.05) is 35.5 Å². The second kappa shape index (κ2) is 8.67. The third kappa shape index (κ3) is 4.57. The Morgan fingerprint density at radius 3 is 2.52 bits per heavy atom. The standard InChI is InChI=1S/C21H26N2O3S/c1-15-14-22(16(2)21(24)25)12-13-23(15)19-6-4-5-7-20(19)27-18-10-8-17(26-3)9-11-18/h4-11,15-16H,12-14H2,1-3H3,(H,24,25). The number of para-hydroxylation sites is 1. The molecule has 1 N–H and O–H groups in total. The Bertz CT molecular complexity index is 781. The van der Waals surface area contributed by atoms with E-state index >= 15 is 0 Å². The van der Waals surface area contributed by atoms with Gasteiger partial charge in [0.1, 0.15) is 11.8 Å². The summed E-state index contributed by atoms with van der Waals surface area (Å²) in [5.41, 5.74) is 1.20. The van der Waals surface area contributed by atoms with Gasteiger partial charge in [-0.3, -0.25) is 9.69 Å². The highest BCUT2D eigenvalue weighted by molar-refractivity contribution is 7.99. The lowest BCUT2D eigenvalue weighted by Gasteiger charge is -2.43. The van der Waals surface area contributed by atoms with Crippen LogP contribution in [0.25, 0.3) is 0 Å². The summed E-state index contributed by atoms with van der Waals surface area (Å²) in [6, 6.07) is 16.3. The van der Waals surface area contributed by atoms with E-state index in [0.29, 0.717) is 0 Å². The first-order valence-electron chi connectivity index (χ1n) is 9.14. The van der Waals surface area contributed by atoms with Crippen LogP contribution in [0.3, 0.4) is 0 Å². The third-order valence-electron chi connectivity index (χ3n) is 5.03. The van der Waals surface area contributed by atoms with E-state index in [4.69, 9.17) is 4.74 Å². The van der Waals surface area contributed by atoms with Crippen molar-refractivity contribution in [3.05, 3.63) is 48.5 Å². The molecule has 0 radical (unpaired) electrons. The molecule has 144 valence electrons. The zero-order valence-corrected chi connectivity index (χ0v) is 16.8. The molecule has 0 aliphatic carbocycles. The van der Waals surface area contributed by atoms with Crippen molar-refractivity contribution in [2.45, 2.75) is 35.7 Å². The Labute approximate surface area is 164 Å². The van der Waals surface area contributed by atoms with Gasteiger partial charge in [-0.1, -0.05) is 23.9 Å². The highest BCUT2D eigenvalue weighted by atomic mass is 32.2. The maximum atomic E-state index is 11.3. The molecular weight excluding hydrogens is 360 g/mol. The van der Waals surface area contributed by atoms with Crippen LogP contribution in [0.2, 0.25) is 0 Å². The van der Waals surface area contributed by atoms with Crippen LogP contribution in [0, 0.1) is 0 Å². The van der Waals surface area contributed by atoms with Gasteiger partial charge >= 0.3 is 5.97 Å². The van der Waals surface area contributed by atoms with Crippen LogP contribution < -0.4 is 9.64 Å². The summed E-state index contributed by atoms with van der Waals surface area (Å²) in [6.07, 6.45) is 0. The number of carboxylic acid groups (broad SMARTS) is 1. The largest absolute Gasteiger partial charge is 0.497 e. The number of benzene rings is 2. The molecule has 5 nitrogen and oxygen atoms in total. The number of hydrogen-bond acceptors (Lipinski definition) is 5. The van der Waals surface area contributed by atoms with Crippen molar-refractivity contribution in [2.75, 3.05) is 31.6 Å². The number of hydrogen-bond donors (Lipinski definition) is 1. The quantitative estimate of drug-likeness (QED) is 0.814. The number of carboxylic acids is 1. The molecule has 3 rings (SSSR count). The summed E-state index contributed by atoms with van der Waals surface area (Å²) in [7, 11) is 1.67. The molecule has 1 fully saturated rings. The van der Waals surface area contributed by atoms with Gasteiger partial charge in [-0.05, 0) is 50.2 Å². The summed E-state index contributed by atoms with van der Waals surface area (Å²) >= 11 is 1.74. The molecule has 27 heavy (non-hydrogen) atoms. The predicted molar refractivity (Wildman–Crippen MR) is 109 cm³/mol. The number of carbonyl (C=O) groups is 1. The minimum absolute atomic E-state index is 0.248. The average molecular weight is 387 g/mol. The van der Waals surface area contributed by atoms with Gasteiger partial charge in [0.15, 0.2) is 0 Å². The Morgan fingerprint density at radius 1 is 1.19 bits per heavy atom. The number of nitrogens with zero attached hydrogens (tertiary/aromatic N) is 2. The van der Waals surface area contributed by atoms with Gasteiger partial charge < -0.3 is 14.7 Å². The summed E-state index contributed by atoms with van der Waals surface area (Å²) in [4.78, 5) is 18.1. The first kappa shape index (κ1) is 19.6. The van der Waals surface area contributed by atoms with E-state index in [-0.39, 0.29) is 6.04 Å². The van der Waals surface area contributed by atoms with Gasteiger partial charge in [-0.15, -0.1) is 0 Å². The molecule has 2 atom stereocenters. The number of ether oxygens (including phenoxy) is 1. The maximum Gasteiger partial charge on any atom is 0.320 e. The van der Waals surface area contributed by atoms with Crippen LogP contribution in [0.15, 0.2) is 58.3 Å². The van der Waals surface area contributed by atoms with Crippen molar-refractivity contribution in [3.8, 4) is 5.75 Å². The van der Waals surface area contributed by atoms with Crippen molar-refractivity contribution >= 4 is 23.4 Å². The summed E-state index contributed by atoms with van der Waals surface area (Å²) < 4.78 is 5.23. The number of rotatable bonds is 6. The normalized spacial score (nSPS) is 18.9. The number of aliphatic carboxylic acids is 1. The van der Waals surface area contributed by atoms with Gasteiger partial charge in [0.2, 0.25) is 0 Å². The van der Waals surface area contributed by atoms with Crippen molar-refractivity contribution in [3.63, 3.8) is 0 Å². The Kier molecular flexibility index (Phi) is 6.29. The average Bonchev–Trinajstić information content (AvgIpc) is 2.68. The van der Waals surface area contributed by atoms with Crippen LogP contribution in [0.1, 0.15) is 13.8 Å². The fourth-order valence-electron chi connectivity index (χ4n) is 3.40. The van der Waals surface area contributed by atoms with E-state index in [1.165, 1.54) is 10.6 Å². The van der Waals surface area contributed by atoms with E-state index in [1.54, 1.807) is 25.8 Å². The molecular formula is C21H26N2O3S. The molecule has 1 aliphatic rings. The molecule has 1 aliphatic heterocycles. The van der Waals surface area contributed by atoms with Crippen LogP contribution in [0.5, 0.6) is 5.75 Å². The van der Waals surface area contributed by atoms with Crippen LogP contribution >= 0.6 is 11.8 Å². The van der Waals surface area contributed by atoms with Gasteiger partial charge in [0.25, 0.3) is 0 Å². The first-order valence-corrected chi connectivity index (χ1v) is 9.95. The van der Waals surface area contributed by atoms with E-state index < -0.39 is 12.0 Å². The Morgan fingerprint density at radius 2 is 1.89 bits per heavy atom. The molecule has 0 spiro atoms. The minimum Gasteiger partial charge on any atom is -0.497 e. The van der Waals surface area contributed by atoms with Crippen molar-refractivity contribution < 1.29 is 14.6 Å². The molecule has 2 aromatic carbocycles. The lowest BCUT2D eigenvalue weighted by Crippen LogP contribution is -2.56. The van der Waals surface area contributed by atoms with Gasteiger partial charge in [0.05, 0.1) is 12.8 Å². The first-order chi connectivity index (χ1) is 13.0. The number of methoxy groups -OCH3 is 1. The fourth-order valence-corrected chi connectivity index (χ4v) is 4.37. The summed E-state index contributed by atoms with van der Waals surface area (Å²) in [5.74, 6) is 0.0936. The Hall–Kier alpha value is -2.18. The van der Waals surface area contributed by atoms with Gasteiger partial charge in [-0.25, -0.2) is 0 Å². The summed E-state index contributed by atoms with van der Waals surface area (Å²) in [5, 5.41) is 9.28. The SMILES string of the molecule is COc1ccc(Sc2ccccc2N2CCN(C(C)C(=O)O)CC2C)cc1. The van der Waals surface area contributed by atoms with Crippen molar-refractivity contribution in [1.82, 2.24) is 4.90 Å². The third-order valence-corrected chi connectivity index (χ3v) is 6.10. The molecule has 6 heteroatoms. The summed E-state index contributed by atoms with van der Waals surface area (Å²) in [6.45, 7) is 6.24. The lowest BCUT2D eigenvalue weighted by atomic mass is 10.1. The smallest absolute Gasteiger partial charge is 0.320 e. The van der Waals surface area contributed by atoms with Crippen LogP contribution in [-0.2, 0) is 4.79 Å². The molecule has 2 aromatic rings. The Balaban J connectivity index is 1.76. The van der Waals surface area contributed by atoms with Gasteiger partial charge in [-0.2, -0.15) is 0 Å².